The van der Waals surface area contributed by atoms with Crippen molar-refractivity contribution in [3.8, 4) is 0 Å². The highest BCUT2D eigenvalue weighted by molar-refractivity contribution is 5.85. The average molecular weight is 220 g/mol. The van der Waals surface area contributed by atoms with Gasteiger partial charge in [-0.1, -0.05) is 0 Å². The molecule has 0 amide bonds. The molecule has 76 valence electrons. The maximum absolute atomic E-state index is 12.2. The van der Waals surface area contributed by atoms with E-state index in [2.05, 4.69) is 5.10 Å². The number of halogens is 3. The van der Waals surface area contributed by atoms with Crippen LogP contribution in [0.5, 0.6) is 0 Å². The van der Waals surface area contributed by atoms with E-state index in [1.54, 1.807) is 18.2 Å². The predicted molar refractivity (Wildman–Crippen MR) is 52.6 cm³/mol. The van der Waals surface area contributed by atoms with Gasteiger partial charge in [0, 0.05) is 17.3 Å². The first-order chi connectivity index (χ1) is 6.16. The highest BCUT2D eigenvalue weighted by Crippen LogP contribution is 2.18. The van der Waals surface area contributed by atoms with Gasteiger partial charge in [0.25, 0.3) is 0 Å². The van der Waals surface area contributed by atoms with Crippen LogP contribution in [0.1, 0.15) is 6.55 Å². The van der Waals surface area contributed by atoms with Gasteiger partial charge < -0.3 is 5.73 Å². The van der Waals surface area contributed by atoms with E-state index in [-0.39, 0.29) is 12.4 Å². The SMILES string of the molecule is Cl.Nc1ccc2cn(C(F)F)nc2c1. The molecule has 1 aromatic carbocycles. The number of fused-ring (bicyclic) bond motifs is 1. The van der Waals surface area contributed by atoms with E-state index >= 15 is 0 Å². The Morgan fingerprint density at radius 1 is 1.36 bits per heavy atom. The molecule has 0 saturated heterocycles. The van der Waals surface area contributed by atoms with Crippen molar-refractivity contribution >= 4 is 29.0 Å². The van der Waals surface area contributed by atoms with E-state index in [0.29, 0.717) is 21.3 Å². The number of hydrogen-bond donors (Lipinski definition) is 1. The quantitative estimate of drug-likeness (QED) is 0.749. The third-order valence-electron chi connectivity index (χ3n) is 1.75. The maximum Gasteiger partial charge on any atom is 0.333 e. The third kappa shape index (κ3) is 1.77. The first-order valence-electron chi connectivity index (χ1n) is 3.69. The lowest BCUT2D eigenvalue weighted by atomic mass is 10.2. The number of hydrogen-bond acceptors (Lipinski definition) is 2. The Hall–Kier alpha value is -1.36. The minimum Gasteiger partial charge on any atom is -0.399 e. The van der Waals surface area contributed by atoms with Crippen molar-refractivity contribution in [2.75, 3.05) is 5.73 Å². The van der Waals surface area contributed by atoms with Gasteiger partial charge >= 0.3 is 6.55 Å². The number of anilines is 1. The van der Waals surface area contributed by atoms with Crippen LogP contribution in [0.25, 0.3) is 10.9 Å². The van der Waals surface area contributed by atoms with Crippen LogP contribution in [0.3, 0.4) is 0 Å². The highest BCUT2D eigenvalue weighted by Gasteiger charge is 2.07. The summed E-state index contributed by atoms with van der Waals surface area (Å²) in [7, 11) is 0. The van der Waals surface area contributed by atoms with Gasteiger partial charge in [-0.3, -0.25) is 0 Å². The van der Waals surface area contributed by atoms with Crippen molar-refractivity contribution in [2.24, 2.45) is 0 Å². The molecule has 0 aliphatic heterocycles. The fraction of sp³-hybridized carbons (Fsp3) is 0.125. The molecule has 2 N–H and O–H groups in total. The van der Waals surface area contributed by atoms with Gasteiger partial charge in [-0.2, -0.15) is 13.9 Å². The fourth-order valence-electron chi connectivity index (χ4n) is 1.15. The van der Waals surface area contributed by atoms with E-state index in [1.165, 1.54) is 6.20 Å². The summed E-state index contributed by atoms with van der Waals surface area (Å²) in [5.41, 5.74) is 6.48. The van der Waals surface area contributed by atoms with Crippen LogP contribution in [0, 0.1) is 0 Å². The number of nitrogens with zero attached hydrogens (tertiary/aromatic N) is 2. The molecular weight excluding hydrogens is 212 g/mol. The van der Waals surface area contributed by atoms with E-state index in [4.69, 9.17) is 5.73 Å². The van der Waals surface area contributed by atoms with Crippen molar-refractivity contribution in [1.82, 2.24) is 9.78 Å². The Morgan fingerprint density at radius 2 is 2.07 bits per heavy atom. The number of nitrogen functional groups attached to an aromatic ring is 1. The second kappa shape index (κ2) is 3.79. The zero-order chi connectivity index (χ0) is 9.42. The smallest absolute Gasteiger partial charge is 0.333 e. The highest BCUT2D eigenvalue weighted by atomic mass is 35.5. The summed E-state index contributed by atoms with van der Waals surface area (Å²) in [5.74, 6) is 0. The number of alkyl halides is 2. The van der Waals surface area contributed by atoms with Crippen LogP contribution in [-0.4, -0.2) is 9.78 Å². The molecule has 0 radical (unpaired) electrons. The first-order valence-corrected chi connectivity index (χ1v) is 3.69. The molecule has 0 spiro atoms. The largest absolute Gasteiger partial charge is 0.399 e. The molecular formula is C8H8ClF2N3. The number of aromatic nitrogens is 2. The molecule has 0 bridgehead atoms. The standard InChI is InChI=1S/C8H7F2N3.ClH/c9-8(10)13-4-5-1-2-6(11)3-7(5)12-13;/h1-4,8H,11H2;1H. The van der Waals surface area contributed by atoms with Crippen LogP contribution < -0.4 is 5.73 Å². The summed E-state index contributed by atoms with van der Waals surface area (Å²) in [6.07, 6.45) is 1.29. The Balaban J connectivity index is 0.000000980. The minimum absolute atomic E-state index is 0. The van der Waals surface area contributed by atoms with Gasteiger partial charge in [0.1, 0.15) is 0 Å². The molecule has 14 heavy (non-hydrogen) atoms. The van der Waals surface area contributed by atoms with Crippen molar-refractivity contribution in [1.29, 1.82) is 0 Å². The molecule has 0 atom stereocenters. The van der Waals surface area contributed by atoms with Crippen LogP contribution in [-0.2, 0) is 0 Å². The predicted octanol–water partition coefficient (Wildman–Crippen LogP) is 2.44. The van der Waals surface area contributed by atoms with Gasteiger partial charge in [-0.25, -0.2) is 4.68 Å². The zero-order valence-corrected chi connectivity index (χ0v) is 7.84. The monoisotopic (exact) mass is 219 g/mol. The molecule has 0 unspecified atom stereocenters. The summed E-state index contributed by atoms with van der Waals surface area (Å²) in [6.45, 7) is -2.60. The van der Waals surface area contributed by atoms with E-state index in [9.17, 15) is 8.78 Å². The van der Waals surface area contributed by atoms with Crippen molar-refractivity contribution in [3.05, 3.63) is 24.4 Å². The van der Waals surface area contributed by atoms with E-state index < -0.39 is 6.55 Å². The number of rotatable bonds is 1. The number of benzene rings is 1. The molecule has 0 saturated carbocycles. The summed E-state index contributed by atoms with van der Waals surface area (Å²) in [5, 5.41) is 4.32. The summed E-state index contributed by atoms with van der Waals surface area (Å²) >= 11 is 0. The molecule has 1 aromatic heterocycles. The van der Waals surface area contributed by atoms with E-state index in [0.717, 1.165) is 0 Å². The molecule has 2 aromatic rings. The minimum atomic E-state index is -2.60. The summed E-state index contributed by atoms with van der Waals surface area (Å²) < 4.78 is 25.0. The lowest BCUT2D eigenvalue weighted by Crippen LogP contribution is -1.97. The molecule has 2 rings (SSSR count). The average Bonchev–Trinajstić information content (AvgIpc) is 2.46. The molecule has 0 fully saturated rings. The van der Waals surface area contributed by atoms with Gasteiger partial charge in [-0.05, 0) is 18.2 Å². The maximum atomic E-state index is 12.2. The number of nitrogens with two attached hydrogens (primary N) is 1. The Labute approximate surface area is 84.9 Å². The van der Waals surface area contributed by atoms with Crippen LogP contribution in [0.2, 0.25) is 0 Å². The molecule has 0 aliphatic carbocycles. The van der Waals surface area contributed by atoms with Crippen molar-refractivity contribution in [2.45, 2.75) is 6.55 Å². The summed E-state index contributed by atoms with van der Waals surface area (Å²) in [4.78, 5) is 0. The van der Waals surface area contributed by atoms with Crippen LogP contribution in [0.4, 0.5) is 14.5 Å². The van der Waals surface area contributed by atoms with Crippen molar-refractivity contribution in [3.63, 3.8) is 0 Å². The Bertz CT molecular complexity index is 441. The van der Waals surface area contributed by atoms with Crippen LogP contribution in [0.15, 0.2) is 24.4 Å². The molecule has 6 heteroatoms. The molecule has 1 heterocycles. The van der Waals surface area contributed by atoms with Crippen molar-refractivity contribution < 1.29 is 8.78 Å². The fourth-order valence-corrected chi connectivity index (χ4v) is 1.15. The van der Waals surface area contributed by atoms with Gasteiger partial charge in [-0.15, -0.1) is 12.4 Å². The van der Waals surface area contributed by atoms with Gasteiger partial charge in [0.2, 0.25) is 0 Å². The zero-order valence-electron chi connectivity index (χ0n) is 7.02. The Morgan fingerprint density at radius 3 is 2.71 bits per heavy atom. The van der Waals surface area contributed by atoms with Gasteiger partial charge in [0.05, 0.1) is 5.52 Å². The Kier molecular flexibility index (Phi) is 2.90. The third-order valence-corrected chi connectivity index (χ3v) is 1.75. The second-order valence-corrected chi connectivity index (χ2v) is 2.71. The van der Waals surface area contributed by atoms with Gasteiger partial charge in [0.15, 0.2) is 0 Å². The summed E-state index contributed by atoms with van der Waals surface area (Å²) in [6, 6.07) is 4.88. The molecule has 0 aliphatic rings. The second-order valence-electron chi connectivity index (χ2n) is 2.71. The molecule has 3 nitrogen and oxygen atoms in total. The first kappa shape index (κ1) is 10.7. The normalized spacial score (nSPS) is 10.5. The van der Waals surface area contributed by atoms with Crippen LogP contribution >= 0.6 is 12.4 Å². The lowest BCUT2D eigenvalue weighted by Gasteiger charge is -1.94. The van der Waals surface area contributed by atoms with E-state index in [1.807, 2.05) is 0 Å². The topological polar surface area (TPSA) is 43.8 Å². The lowest BCUT2D eigenvalue weighted by molar-refractivity contribution is 0.0574.